The van der Waals surface area contributed by atoms with Gasteiger partial charge in [0.1, 0.15) is 0 Å². The number of ether oxygens (including phenoxy) is 2. The van der Waals surface area contributed by atoms with Crippen LogP contribution in [0.5, 0.6) is 0 Å². The van der Waals surface area contributed by atoms with Crippen LogP contribution in [0.15, 0.2) is 12.4 Å². The highest BCUT2D eigenvalue weighted by Crippen LogP contribution is 2.37. The van der Waals surface area contributed by atoms with E-state index >= 15 is 0 Å². The second-order valence-corrected chi connectivity index (χ2v) is 6.38. The predicted molar refractivity (Wildman–Crippen MR) is 88.5 cm³/mol. The van der Waals surface area contributed by atoms with E-state index in [0.29, 0.717) is 0 Å². The van der Waals surface area contributed by atoms with Crippen LogP contribution in [0.1, 0.15) is 70.2 Å². The monoisotopic (exact) mass is 334 g/mol. The lowest BCUT2D eigenvalue weighted by Gasteiger charge is -2.32. The first-order valence-electron chi connectivity index (χ1n) is 8.67. The molecule has 132 valence electrons. The van der Waals surface area contributed by atoms with Crippen LogP contribution < -0.4 is 0 Å². The Hall–Kier alpha value is -1.98. The second-order valence-electron chi connectivity index (χ2n) is 6.38. The third kappa shape index (κ3) is 4.10. The molecule has 1 saturated carbocycles. The summed E-state index contributed by atoms with van der Waals surface area (Å²) in [7, 11) is 0. The Kier molecular flexibility index (Phi) is 6.29. The molecule has 1 fully saturated rings. The molecule has 1 aliphatic rings. The minimum atomic E-state index is -1.18. The van der Waals surface area contributed by atoms with E-state index in [1.807, 2.05) is 0 Å². The average molecular weight is 334 g/mol. The van der Waals surface area contributed by atoms with Gasteiger partial charge in [-0.3, -0.25) is 19.6 Å². The van der Waals surface area contributed by atoms with E-state index in [1.54, 1.807) is 20.0 Å². The molecule has 0 aliphatic heterocycles. The Morgan fingerprint density at radius 1 is 1.04 bits per heavy atom. The van der Waals surface area contributed by atoms with Crippen molar-refractivity contribution < 1.29 is 19.1 Å². The van der Waals surface area contributed by atoms with Crippen molar-refractivity contribution in [2.75, 3.05) is 13.2 Å². The summed E-state index contributed by atoms with van der Waals surface area (Å²) in [5, 5.41) is 0. The van der Waals surface area contributed by atoms with E-state index in [-0.39, 0.29) is 24.3 Å². The first-order valence-corrected chi connectivity index (χ1v) is 8.67. The lowest BCUT2D eigenvalue weighted by atomic mass is 9.73. The van der Waals surface area contributed by atoms with Gasteiger partial charge in [0.05, 0.1) is 30.8 Å². The van der Waals surface area contributed by atoms with Crippen molar-refractivity contribution in [3.8, 4) is 0 Å². The van der Waals surface area contributed by atoms with Crippen molar-refractivity contribution in [3.63, 3.8) is 0 Å². The normalized spacial score (nSPS) is 16.7. The highest BCUT2D eigenvalue weighted by Gasteiger charge is 2.35. The number of rotatable bonds is 6. The molecule has 24 heavy (non-hydrogen) atoms. The van der Waals surface area contributed by atoms with Crippen molar-refractivity contribution in [3.05, 3.63) is 23.8 Å². The summed E-state index contributed by atoms with van der Waals surface area (Å²) in [6.45, 7) is 5.97. The third-order valence-corrected chi connectivity index (χ3v) is 4.59. The zero-order chi connectivity index (χ0) is 17.6. The Labute approximate surface area is 143 Å². The lowest BCUT2D eigenvalue weighted by Crippen LogP contribution is -2.29. The molecule has 0 saturated heterocycles. The Morgan fingerprint density at radius 2 is 1.62 bits per heavy atom. The first-order chi connectivity index (χ1) is 11.5. The molecule has 0 atom stereocenters. The van der Waals surface area contributed by atoms with E-state index in [1.165, 1.54) is 25.5 Å². The maximum atomic E-state index is 12.1. The molecule has 0 N–H and O–H groups in total. The van der Waals surface area contributed by atoms with Crippen LogP contribution >= 0.6 is 0 Å². The largest absolute Gasteiger partial charge is 0.465 e. The van der Waals surface area contributed by atoms with Crippen LogP contribution in [-0.2, 0) is 24.5 Å². The molecule has 6 nitrogen and oxygen atoms in total. The summed E-state index contributed by atoms with van der Waals surface area (Å²) >= 11 is 0. The molecule has 0 spiro atoms. The number of carbonyl (C=O) groups excluding carboxylic acids is 2. The Morgan fingerprint density at radius 3 is 2.08 bits per heavy atom. The van der Waals surface area contributed by atoms with Crippen LogP contribution in [0.25, 0.3) is 0 Å². The standard InChI is InChI=1S/C18H26N2O4/c1-4-23-16(21)15(17(22)24-5-2)13-11-20-14(12-19-13)18(3)9-7-6-8-10-18/h11-12,15H,4-10H2,1-3H3. The fourth-order valence-corrected chi connectivity index (χ4v) is 3.18. The van der Waals surface area contributed by atoms with Gasteiger partial charge in [0.15, 0.2) is 5.92 Å². The molecule has 1 aliphatic carbocycles. The van der Waals surface area contributed by atoms with E-state index < -0.39 is 17.9 Å². The zero-order valence-electron chi connectivity index (χ0n) is 14.7. The fraction of sp³-hybridized carbons (Fsp3) is 0.667. The number of carbonyl (C=O) groups is 2. The van der Waals surface area contributed by atoms with E-state index in [2.05, 4.69) is 16.9 Å². The number of aromatic nitrogens is 2. The zero-order valence-corrected chi connectivity index (χ0v) is 14.7. The molecule has 0 aromatic carbocycles. The molecule has 2 rings (SSSR count). The molecule has 1 aromatic rings. The van der Waals surface area contributed by atoms with E-state index in [9.17, 15) is 9.59 Å². The molecule has 1 aromatic heterocycles. The summed E-state index contributed by atoms with van der Waals surface area (Å²) < 4.78 is 9.97. The van der Waals surface area contributed by atoms with Crippen LogP contribution in [-0.4, -0.2) is 35.1 Å². The van der Waals surface area contributed by atoms with Gasteiger partial charge >= 0.3 is 11.9 Å². The van der Waals surface area contributed by atoms with Gasteiger partial charge in [-0.05, 0) is 26.7 Å². The van der Waals surface area contributed by atoms with Crippen molar-refractivity contribution in [1.82, 2.24) is 9.97 Å². The van der Waals surface area contributed by atoms with Crippen molar-refractivity contribution >= 4 is 11.9 Å². The molecule has 0 bridgehead atoms. The summed E-state index contributed by atoms with van der Waals surface area (Å²) in [6.07, 6.45) is 9.00. The van der Waals surface area contributed by atoms with Gasteiger partial charge in [-0.25, -0.2) is 0 Å². The summed E-state index contributed by atoms with van der Waals surface area (Å²) in [5.41, 5.74) is 1.21. The van der Waals surface area contributed by atoms with Crippen LogP contribution in [0.2, 0.25) is 0 Å². The number of nitrogens with zero attached hydrogens (tertiary/aromatic N) is 2. The van der Waals surface area contributed by atoms with Gasteiger partial charge in [-0.2, -0.15) is 0 Å². The molecular formula is C18H26N2O4. The van der Waals surface area contributed by atoms with Crippen LogP contribution in [0.3, 0.4) is 0 Å². The predicted octanol–water partition coefficient (Wildman–Crippen LogP) is 2.91. The summed E-state index contributed by atoms with van der Waals surface area (Å²) in [5.74, 6) is -2.48. The fourth-order valence-electron chi connectivity index (χ4n) is 3.18. The SMILES string of the molecule is CCOC(=O)C(C(=O)OCC)c1cnc(C2(C)CCCCC2)cn1. The molecule has 1 heterocycles. The Bertz CT molecular complexity index is 547. The molecular weight excluding hydrogens is 308 g/mol. The van der Waals surface area contributed by atoms with Crippen molar-refractivity contribution in [2.45, 2.75) is 64.2 Å². The van der Waals surface area contributed by atoms with E-state index in [4.69, 9.17) is 9.47 Å². The minimum absolute atomic E-state index is 0.0210. The minimum Gasteiger partial charge on any atom is -0.465 e. The third-order valence-electron chi connectivity index (χ3n) is 4.59. The number of hydrogen-bond donors (Lipinski definition) is 0. The van der Waals surface area contributed by atoms with Crippen LogP contribution in [0, 0.1) is 0 Å². The molecule has 6 heteroatoms. The molecule has 0 unspecified atom stereocenters. The highest BCUT2D eigenvalue weighted by molar-refractivity contribution is 6.00. The van der Waals surface area contributed by atoms with Crippen molar-refractivity contribution in [2.24, 2.45) is 0 Å². The van der Waals surface area contributed by atoms with Gasteiger partial charge in [0, 0.05) is 11.6 Å². The van der Waals surface area contributed by atoms with Gasteiger partial charge in [-0.1, -0.05) is 26.2 Å². The summed E-state index contributed by atoms with van der Waals surface area (Å²) in [4.78, 5) is 33.1. The van der Waals surface area contributed by atoms with Gasteiger partial charge in [-0.15, -0.1) is 0 Å². The van der Waals surface area contributed by atoms with Crippen LogP contribution in [0.4, 0.5) is 0 Å². The maximum absolute atomic E-state index is 12.1. The Balaban J connectivity index is 2.24. The molecule has 0 amide bonds. The van der Waals surface area contributed by atoms with Gasteiger partial charge in [0.2, 0.25) is 0 Å². The number of esters is 2. The topological polar surface area (TPSA) is 78.4 Å². The lowest BCUT2D eigenvalue weighted by molar-refractivity contribution is -0.157. The maximum Gasteiger partial charge on any atom is 0.326 e. The van der Waals surface area contributed by atoms with Crippen molar-refractivity contribution in [1.29, 1.82) is 0 Å². The molecule has 0 radical (unpaired) electrons. The van der Waals surface area contributed by atoms with E-state index in [0.717, 1.165) is 18.5 Å². The van der Waals surface area contributed by atoms with Gasteiger partial charge < -0.3 is 9.47 Å². The average Bonchev–Trinajstić information content (AvgIpc) is 2.57. The highest BCUT2D eigenvalue weighted by atomic mass is 16.6. The van der Waals surface area contributed by atoms with Gasteiger partial charge in [0.25, 0.3) is 0 Å². The smallest absolute Gasteiger partial charge is 0.326 e. The first kappa shape index (κ1) is 18.4. The number of hydrogen-bond acceptors (Lipinski definition) is 6. The summed E-state index contributed by atoms with van der Waals surface area (Å²) in [6, 6.07) is 0. The quantitative estimate of drug-likeness (QED) is 0.588. The second kappa shape index (κ2) is 8.22.